The predicted octanol–water partition coefficient (Wildman–Crippen LogP) is 3.91. The number of amides is 2. The largest absolute Gasteiger partial charge is 0.333 e. The van der Waals surface area contributed by atoms with E-state index in [9.17, 15) is 4.79 Å². The third kappa shape index (κ3) is 3.19. The molecule has 2 amide bonds. The van der Waals surface area contributed by atoms with Crippen LogP contribution in [0.1, 0.15) is 33.2 Å². The molecule has 0 radical (unpaired) electrons. The lowest BCUT2D eigenvalue weighted by atomic mass is 10.1. The van der Waals surface area contributed by atoms with Gasteiger partial charge in [-0.25, -0.2) is 14.8 Å². The summed E-state index contributed by atoms with van der Waals surface area (Å²) in [6.07, 6.45) is 2.70. The predicted molar refractivity (Wildman–Crippen MR) is 104 cm³/mol. The van der Waals surface area contributed by atoms with Crippen LogP contribution in [0, 0.1) is 0 Å². The van der Waals surface area contributed by atoms with Gasteiger partial charge < -0.3 is 14.8 Å². The lowest BCUT2D eigenvalue weighted by molar-refractivity contribution is 0.198. The average Bonchev–Trinajstić information content (AvgIpc) is 3.31. The highest BCUT2D eigenvalue weighted by atomic mass is 32.1. The van der Waals surface area contributed by atoms with Gasteiger partial charge in [-0.05, 0) is 50.8 Å². The van der Waals surface area contributed by atoms with Crippen LogP contribution in [0.2, 0.25) is 0 Å². The third-order valence-corrected chi connectivity index (χ3v) is 5.21. The van der Waals surface area contributed by atoms with Crippen molar-refractivity contribution in [3.8, 4) is 11.4 Å². The van der Waals surface area contributed by atoms with E-state index in [0.29, 0.717) is 6.54 Å². The monoisotopic (exact) mass is 369 g/mol. The van der Waals surface area contributed by atoms with Gasteiger partial charge >= 0.3 is 6.03 Å². The Labute approximate surface area is 156 Å². The highest BCUT2D eigenvalue weighted by Gasteiger charge is 2.32. The molecule has 0 saturated carbocycles. The number of carbonyl (C=O) groups excluding carboxylic acids is 1. The van der Waals surface area contributed by atoms with Crippen molar-refractivity contribution in [3.05, 3.63) is 35.2 Å². The first-order valence-electron chi connectivity index (χ1n) is 8.85. The van der Waals surface area contributed by atoms with E-state index in [1.807, 2.05) is 37.8 Å². The molecule has 1 saturated heterocycles. The van der Waals surface area contributed by atoms with E-state index in [1.165, 1.54) is 0 Å². The number of thiophene rings is 1. The van der Waals surface area contributed by atoms with Crippen LogP contribution in [0.3, 0.4) is 0 Å². The van der Waals surface area contributed by atoms with E-state index in [0.717, 1.165) is 35.5 Å². The molecule has 1 N–H and O–H groups in total. The number of hydrogen-bond donors (Lipinski definition) is 1. The Kier molecular flexibility index (Phi) is 4.19. The average molecular weight is 369 g/mol. The van der Waals surface area contributed by atoms with Crippen LogP contribution in [0.25, 0.3) is 22.6 Å². The van der Waals surface area contributed by atoms with Gasteiger partial charge in [-0.3, -0.25) is 0 Å². The molecular weight excluding hydrogens is 346 g/mol. The van der Waals surface area contributed by atoms with E-state index in [4.69, 9.17) is 4.98 Å². The number of nitrogens with one attached hydrogen (secondary N) is 1. The molecule has 0 aliphatic carbocycles. The molecule has 0 bridgehead atoms. The Hall–Kier alpha value is -2.41. The quantitative estimate of drug-likeness (QED) is 0.745. The molecule has 0 aromatic carbocycles. The van der Waals surface area contributed by atoms with E-state index in [-0.39, 0.29) is 17.6 Å². The van der Waals surface area contributed by atoms with Gasteiger partial charge in [0.2, 0.25) is 0 Å². The van der Waals surface area contributed by atoms with E-state index >= 15 is 0 Å². The maximum absolute atomic E-state index is 12.5. The molecule has 1 fully saturated rings. The van der Waals surface area contributed by atoms with Gasteiger partial charge in [-0.15, -0.1) is 0 Å². The number of carbonyl (C=O) groups is 1. The zero-order valence-electron chi connectivity index (χ0n) is 15.3. The summed E-state index contributed by atoms with van der Waals surface area (Å²) >= 11 is 1.66. The Morgan fingerprint density at radius 1 is 1.35 bits per heavy atom. The number of pyridine rings is 1. The van der Waals surface area contributed by atoms with Crippen molar-refractivity contribution in [2.45, 2.75) is 38.8 Å². The number of likely N-dealkylation sites (tertiary alicyclic amines) is 1. The number of urea groups is 1. The first-order chi connectivity index (χ1) is 12.4. The molecule has 1 aliphatic heterocycles. The van der Waals surface area contributed by atoms with Crippen molar-refractivity contribution in [2.24, 2.45) is 0 Å². The summed E-state index contributed by atoms with van der Waals surface area (Å²) in [5.41, 5.74) is 2.65. The second-order valence-corrected chi connectivity index (χ2v) is 8.51. The standard InChI is InChI=1S/C19H23N5OS/c1-19(2,3)22-18(25)23-9-6-14(11-23)24-16(13-7-10-26-12-13)21-15-5-4-8-20-17(15)24/h4-5,7-8,10,12,14H,6,9,11H2,1-3H3,(H,22,25). The molecule has 3 aromatic heterocycles. The highest BCUT2D eigenvalue weighted by Crippen LogP contribution is 2.32. The first kappa shape index (κ1) is 17.0. The smallest absolute Gasteiger partial charge is 0.317 e. The lowest BCUT2D eigenvalue weighted by Gasteiger charge is -2.25. The van der Waals surface area contributed by atoms with Crippen molar-refractivity contribution in [2.75, 3.05) is 13.1 Å². The Morgan fingerprint density at radius 3 is 2.92 bits per heavy atom. The van der Waals surface area contributed by atoms with Gasteiger partial charge in [-0.1, -0.05) is 0 Å². The van der Waals surface area contributed by atoms with Crippen molar-refractivity contribution in [1.29, 1.82) is 0 Å². The molecule has 4 rings (SSSR count). The van der Waals surface area contributed by atoms with E-state index in [1.54, 1.807) is 17.5 Å². The van der Waals surface area contributed by atoms with Crippen molar-refractivity contribution in [3.63, 3.8) is 0 Å². The van der Waals surface area contributed by atoms with E-state index < -0.39 is 0 Å². The van der Waals surface area contributed by atoms with Crippen LogP contribution in [0.4, 0.5) is 4.79 Å². The number of imidazole rings is 1. The molecule has 4 heterocycles. The number of aromatic nitrogens is 3. The fraction of sp³-hybridized carbons (Fsp3) is 0.421. The molecule has 6 nitrogen and oxygen atoms in total. The second-order valence-electron chi connectivity index (χ2n) is 7.73. The number of rotatable bonds is 2. The molecule has 0 spiro atoms. The molecule has 7 heteroatoms. The molecule has 136 valence electrons. The van der Waals surface area contributed by atoms with Crippen molar-refractivity contribution < 1.29 is 4.79 Å². The summed E-state index contributed by atoms with van der Waals surface area (Å²) < 4.78 is 2.21. The van der Waals surface area contributed by atoms with Gasteiger partial charge in [0.05, 0.1) is 6.04 Å². The van der Waals surface area contributed by atoms with Gasteiger partial charge in [0.15, 0.2) is 5.65 Å². The minimum Gasteiger partial charge on any atom is -0.333 e. The summed E-state index contributed by atoms with van der Waals surface area (Å²) in [6, 6.07) is 6.16. The third-order valence-electron chi connectivity index (χ3n) is 4.53. The molecule has 1 unspecified atom stereocenters. The van der Waals surface area contributed by atoms with Crippen LogP contribution >= 0.6 is 11.3 Å². The van der Waals surface area contributed by atoms with Crippen molar-refractivity contribution in [1.82, 2.24) is 24.8 Å². The van der Waals surface area contributed by atoms with Crippen LogP contribution in [0.5, 0.6) is 0 Å². The van der Waals surface area contributed by atoms with Crippen molar-refractivity contribution >= 4 is 28.5 Å². The summed E-state index contributed by atoms with van der Waals surface area (Å²) in [5, 5.41) is 7.22. The maximum atomic E-state index is 12.5. The first-order valence-corrected chi connectivity index (χ1v) is 9.79. The molecular formula is C19H23N5OS. The zero-order chi connectivity index (χ0) is 18.3. The van der Waals surface area contributed by atoms with Crippen LogP contribution in [-0.2, 0) is 0 Å². The molecule has 1 atom stereocenters. The fourth-order valence-electron chi connectivity index (χ4n) is 3.41. The number of fused-ring (bicyclic) bond motifs is 1. The van der Waals surface area contributed by atoms with Crippen LogP contribution in [0.15, 0.2) is 35.2 Å². The van der Waals surface area contributed by atoms with Gasteiger partial charge in [0.25, 0.3) is 0 Å². The molecule has 26 heavy (non-hydrogen) atoms. The normalized spacial score (nSPS) is 17.8. The van der Waals surface area contributed by atoms with Gasteiger partial charge in [0, 0.05) is 35.8 Å². The summed E-state index contributed by atoms with van der Waals surface area (Å²) in [7, 11) is 0. The van der Waals surface area contributed by atoms with Gasteiger partial charge in [-0.2, -0.15) is 11.3 Å². The highest BCUT2D eigenvalue weighted by molar-refractivity contribution is 7.08. The number of hydrogen-bond acceptors (Lipinski definition) is 4. The fourth-order valence-corrected chi connectivity index (χ4v) is 4.04. The maximum Gasteiger partial charge on any atom is 0.317 e. The molecule has 3 aromatic rings. The SMILES string of the molecule is CC(C)(C)NC(=O)N1CCC(n2c(-c3ccsc3)nc3cccnc32)C1. The summed E-state index contributed by atoms with van der Waals surface area (Å²) in [6.45, 7) is 7.41. The minimum absolute atomic E-state index is 0.00513. The Morgan fingerprint density at radius 2 is 2.19 bits per heavy atom. The second kappa shape index (κ2) is 6.39. The Balaban J connectivity index is 1.67. The topological polar surface area (TPSA) is 63.1 Å². The van der Waals surface area contributed by atoms with E-state index in [2.05, 4.69) is 31.7 Å². The zero-order valence-corrected chi connectivity index (χ0v) is 16.1. The van der Waals surface area contributed by atoms with Crippen LogP contribution in [-0.4, -0.2) is 44.1 Å². The van der Waals surface area contributed by atoms with Gasteiger partial charge in [0.1, 0.15) is 11.3 Å². The minimum atomic E-state index is -0.236. The Bertz CT molecular complexity index is 925. The number of nitrogens with zero attached hydrogens (tertiary/aromatic N) is 4. The lowest BCUT2D eigenvalue weighted by Crippen LogP contribution is -2.47. The molecule has 1 aliphatic rings. The summed E-state index contributed by atoms with van der Waals surface area (Å²) in [4.78, 5) is 23.8. The van der Waals surface area contributed by atoms with Crippen LogP contribution < -0.4 is 5.32 Å². The summed E-state index contributed by atoms with van der Waals surface area (Å²) in [5.74, 6) is 0.933.